The van der Waals surface area contributed by atoms with E-state index in [1.807, 2.05) is 35.9 Å². The molecule has 4 rings (SSSR count). The highest BCUT2D eigenvalue weighted by Gasteiger charge is 2.30. The quantitative estimate of drug-likeness (QED) is 0.510. The fourth-order valence-corrected chi connectivity index (χ4v) is 4.70. The van der Waals surface area contributed by atoms with Crippen molar-refractivity contribution in [2.45, 2.75) is 45.2 Å². The third-order valence-corrected chi connectivity index (χ3v) is 6.45. The predicted octanol–water partition coefficient (Wildman–Crippen LogP) is 3.91. The summed E-state index contributed by atoms with van der Waals surface area (Å²) in [6, 6.07) is 12.2. The first-order chi connectivity index (χ1) is 15.9. The van der Waals surface area contributed by atoms with Gasteiger partial charge in [-0.2, -0.15) is 0 Å². The molecule has 0 saturated heterocycles. The van der Waals surface area contributed by atoms with Crippen molar-refractivity contribution < 1.29 is 23.5 Å². The largest absolute Gasteiger partial charge is 0.497 e. The van der Waals surface area contributed by atoms with E-state index in [0.29, 0.717) is 25.9 Å². The standard InChI is InChI=1S/C26H29FN2O4/c1-4-33-26(31)16-29-23-11-7-18(27)14-21(23)22-15-19(8-12-24(22)29)28(2)25(30)13-17-5-9-20(32-3)10-6-17/h5-7,9-11,14,19H,4,8,12-13,15-16H2,1-3H3/t19-/m0/s1. The molecule has 33 heavy (non-hydrogen) atoms. The minimum Gasteiger partial charge on any atom is -0.497 e. The van der Waals surface area contributed by atoms with Gasteiger partial charge >= 0.3 is 5.97 Å². The lowest BCUT2D eigenvalue weighted by Crippen LogP contribution is -2.41. The van der Waals surface area contributed by atoms with Crippen molar-refractivity contribution in [3.8, 4) is 5.75 Å². The number of halogens is 1. The number of esters is 1. The molecule has 2 aromatic carbocycles. The van der Waals surface area contributed by atoms with Crippen LogP contribution in [-0.2, 0) is 40.1 Å². The van der Waals surface area contributed by atoms with E-state index in [2.05, 4.69) is 0 Å². The molecule has 0 radical (unpaired) electrons. The van der Waals surface area contributed by atoms with E-state index in [9.17, 15) is 14.0 Å². The summed E-state index contributed by atoms with van der Waals surface area (Å²) in [5, 5.41) is 0.801. The second-order valence-electron chi connectivity index (χ2n) is 8.40. The van der Waals surface area contributed by atoms with Gasteiger partial charge in [0.25, 0.3) is 0 Å². The monoisotopic (exact) mass is 452 g/mol. The SMILES string of the molecule is CCOC(=O)Cn1c2c(c3cc(F)ccc31)C[C@@H](N(C)C(=O)Cc1ccc(OC)cc1)CC2. The maximum absolute atomic E-state index is 14.1. The molecule has 1 aliphatic rings. The lowest BCUT2D eigenvalue weighted by Gasteiger charge is -2.32. The molecule has 6 nitrogen and oxygen atoms in total. The Morgan fingerprint density at radius 3 is 2.64 bits per heavy atom. The van der Waals surface area contributed by atoms with Crippen LogP contribution in [0, 0.1) is 5.82 Å². The van der Waals surface area contributed by atoms with E-state index in [4.69, 9.17) is 9.47 Å². The molecule has 0 fully saturated rings. The number of ether oxygens (including phenoxy) is 2. The van der Waals surface area contributed by atoms with Crippen LogP contribution in [0.3, 0.4) is 0 Å². The van der Waals surface area contributed by atoms with Crippen molar-refractivity contribution in [1.29, 1.82) is 0 Å². The van der Waals surface area contributed by atoms with E-state index in [1.165, 1.54) is 12.1 Å². The fourth-order valence-electron chi connectivity index (χ4n) is 4.70. The van der Waals surface area contributed by atoms with Gasteiger partial charge in [0.2, 0.25) is 5.91 Å². The molecule has 0 saturated carbocycles. The Bertz CT molecular complexity index is 1170. The van der Waals surface area contributed by atoms with Crippen molar-refractivity contribution in [2.75, 3.05) is 20.8 Å². The highest BCUT2D eigenvalue weighted by Crippen LogP contribution is 2.34. The summed E-state index contributed by atoms with van der Waals surface area (Å²) < 4.78 is 26.4. The summed E-state index contributed by atoms with van der Waals surface area (Å²) in [4.78, 5) is 27.0. The number of methoxy groups -OCH3 is 1. The molecule has 1 amide bonds. The molecule has 0 unspecified atom stereocenters. The second-order valence-corrected chi connectivity index (χ2v) is 8.40. The summed E-state index contributed by atoms with van der Waals surface area (Å²) in [6.07, 6.45) is 2.41. The minimum atomic E-state index is -0.315. The van der Waals surface area contributed by atoms with E-state index >= 15 is 0 Å². The first kappa shape index (κ1) is 22.8. The number of benzene rings is 2. The van der Waals surface area contributed by atoms with Gasteiger partial charge in [-0.3, -0.25) is 9.59 Å². The van der Waals surface area contributed by atoms with Gasteiger partial charge in [-0.1, -0.05) is 12.1 Å². The van der Waals surface area contributed by atoms with Gasteiger partial charge in [0.15, 0.2) is 0 Å². The second kappa shape index (κ2) is 9.65. The van der Waals surface area contributed by atoms with Gasteiger partial charge in [-0.15, -0.1) is 0 Å². The summed E-state index contributed by atoms with van der Waals surface area (Å²) in [5.41, 5.74) is 3.78. The fraction of sp³-hybridized carbons (Fsp3) is 0.385. The Labute approximate surface area is 192 Å². The van der Waals surface area contributed by atoms with Gasteiger partial charge in [-0.25, -0.2) is 4.39 Å². The highest BCUT2D eigenvalue weighted by atomic mass is 19.1. The normalized spacial score (nSPS) is 15.2. The molecule has 3 aromatic rings. The highest BCUT2D eigenvalue weighted by molar-refractivity contribution is 5.88. The zero-order valence-electron chi connectivity index (χ0n) is 19.3. The maximum Gasteiger partial charge on any atom is 0.325 e. The van der Waals surface area contributed by atoms with Crippen LogP contribution in [0.5, 0.6) is 5.75 Å². The predicted molar refractivity (Wildman–Crippen MR) is 124 cm³/mol. The van der Waals surface area contributed by atoms with Crippen LogP contribution >= 0.6 is 0 Å². The Morgan fingerprint density at radius 2 is 1.94 bits per heavy atom. The minimum absolute atomic E-state index is 0.00755. The van der Waals surface area contributed by atoms with Crippen LogP contribution in [0.1, 0.15) is 30.2 Å². The molecule has 0 aliphatic heterocycles. The first-order valence-electron chi connectivity index (χ1n) is 11.2. The molecule has 1 atom stereocenters. The van der Waals surface area contributed by atoms with Gasteiger partial charge in [-0.05, 0) is 67.6 Å². The lowest BCUT2D eigenvalue weighted by atomic mass is 9.90. The summed E-state index contributed by atoms with van der Waals surface area (Å²) in [7, 11) is 3.45. The maximum atomic E-state index is 14.1. The third-order valence-electron chi connectivity index (χ3n) is 6.45. The number of carbonyl (C=O) groups is 2. The van der Waals surface area contributed by atoms with E-state index in [1.54, 1.807) is 25.0 Å². The van der Waals surface area contributed by atoms with Crippen LogP contribution in [0.25, 0.3) is 10.9 Å². The molecule has 1 heterocycles. The van der Waals surface area contributed by atoms with Gasteiger partial charge in [0.05, 0.1) is 20.1 Å². The number of amides is 1. The number of aromatic nitrogens is 1. The van der Waals surface area contributed by atoms with Gasteiger partial charge < -0.3 is 18.9 Å². The smallest absolute Gasteiger partial charge is 0.325 e. The van der Waals surface area contributed by atoms with Crippen LogP contribution < -0.4 is 4.74 Å². The molecule has 7 heteroatoms. The van der Waals surface area contributed by atoms with Gasteiger partial charge in [0.1, 0.15) is 18.1 Å². The Balaban J connectivity index is 1.56. The Morgan fingerprint density at radius 1 is 1.18 bits per heavy atom. The number of likely N-dealkylation sites (N-methyl/N-ethyl adjacent to an activating group) is 1. The Hall–Kier alpha value is -3.35. The summed E-state index contributed by atoms with van der Waals surface area (Å²) in [5.74, 6) is 0.168. The van der Waals surface area contributed by atoms with E-state index < -0.39 is 0 Å². The van der Waals surface area contributed by atoms with Crippen LogP contribution in [0.15, 0.2) is 42.5 Å². The average molecular weight is 453 g/mol. The van der Waals surface area contributed by atoms with Gasteiger partial charge in [0, 0.05) is 29.7 Å². The topological polar surface area (TPSA) is 60.8 Å². The zero-order chi connectivity index (χ0) is 23.5. The van der Waals surface area contributed by atoms with E-state index in [0.717, 1.165) is 39.9 Å². The van der Waals surface area contributed by atoms with Crippen LogP contribution in [0.4, 0.5) is 4.39 Å². The zero-order valence-corrected chi connectivity index (χ0v) is 19.3. The molecule has 1 aromatic heterocycles. The molecule has 174 valence electrons. The van der Waals surface area contributed by atoms with Crippen LogP contribution in [0.2, 0.25) is 0 Å². The number of hydrogen-bond donors (Lipinski definition) is 0. The van der Waals surface area contributed by atoms with Crippen molar-refractivity contribution in [2.24, 2.45) is 0 Å². The van der Waals surface area contributed by atoms with Crippen molar-refractivity contribution in [3.63, 3.8) is 0 Å². The number of carbonyl (C=O) groups excluding carboxylic acids is 2. The first-order valence-corrected chi connectivity index (χ1v) is 11.2. The summed E-state index contributed by atoms with van der Waals surface area (Å²) >= 11 is 0. The molecule has 0 spiro atoms. The number of fused-ring (bicyclic) bond motifs is 3. The number of rotatable bonds is 7. The van der Waals surface area contributed by atoms with Crippen molar-refractivity contribution >= 4 is 22.8 Å². The summed E-state index contributed by atoms with van der Waals surface area (Å²) in [6.45, 7) is 2.19. The molecule has 0 N–H and O–H groups in total. The van der Waals surface area contributed by atoms with Crippen molar-refractivity contribution in [3.05, 3.63) is 65.1 Å². The molecular weight excluding hydrogens is 423 g/mol. The Kier molecular flexibility index (Phi) is 6.67. The average Bonchev–Trinajstić information content (AvgIpc) is 3.11. The molecular formula is C26H29FN2O4. The van der Waals surface area contributed by atoms with Crippen LogP contribution in [-0.4, -0.2) is 48.1 Å². The molecule has 0 bridgehead atoms. The number of hydrogen-bond acceptors (Lipinski definition) is 4. The molecule has 1 aliphatic carbocycles. The number of nitrogens with zero attached hydrogens (tertiary/aromatic N) is 2. The third kappa shape index (κ3) is 4.72. The lowest BCUT2D eigenvalue weighted by molar-refractivity contribution is -0.143. The van der Waals surface area contributed by atoms with E-state index in [-0.39, 0.29) is 30.3 Å². The van der Waals surface area contributed by atoms with Crippen molar-refractivity contribution in [1.82, 2.24) is 9.47 Å².